The van der Waals surface area contributed by atoms with Gasteiger partial charge in [-0.1, -0.05) is 53.2 Å². The van der Waals surface area contributed by atoms with Crippen LogP contribution in [0.5, 0.6) is 0 Å². The molecular formula is C18H18ClN3O2S2. The molecule has 0 fully saturated rings. The number of sulfone groups is 1. The molecule has 136 valence electrons. The number of rotatable bonds is 6. The average Bonchev–Trinajstić information content (AvgIpc) is 2.93. The first-order valence-electron chi connectivity index (χ1n) is 7.90. The summed E-state index contributed by atoms with van der Waals surface area (Å²) in [5.41, 5.74) is 2.08. The molecule has 0 unspecified atom stereocenters. The van der Waals surface area contributed by atoms with E-state index >= 15 is 0 Å². The van der Waals surface area contributed by atoms with Crippen LogP contribution in [0.25, 0.3) is 0 Å². The summed E-state index contributed by atoms with van der Waals surface area (Å²) >= 11 is 7.48. The molecule has 0 saturated carbocycles. The van der Waals surface area contributed by atoms with Gasteiger partial charge in [-0.3, -0.25) is 0 Å². The van der Waals surface area contributed by atoms with Gasteiger partial charge < -0.3 is 4.57 Å². The van der Waals surface area contributed by atoms with E-state index in [2.05, 4.69) is 10.2 Å². The van der Waals surface area contributed by atoms with Crippen LogP contribution in [0.1, 0.15) is 17.0 Å². The highest BCUT2D eigenvalue weighted by molar-refractivity contribution is 7.98. The third kappa shape index (κ3) is 4.47. The monoisotopic (exact) mass is 407 g/mol. The summed E-state index contributed by atoms with van der Waals surface area (Å²) in [4.78, 5) is 0.291. The van der Waals surface area contributed by atoms with E-state index in [9.17, 15) is 8.42 Å². The van der Waals surface area contributed by atoms with E-state index in [1.807, 2.05) is 31.2 Å². The van der Waals surface area contributed by atoms with Crippen molar-refractivity contribution in [1.82, 2.24) is 14.8 Å². The Kier molecular flexibility index (Phi) is 5.70. The Morgan fingerprint density at radius 1 is 1.12 bits per heavy atom. The smallest absolute Gasteiger partial charge is 0.191 e. The van der Waals surface area contributed by atoms with E-state index < -0.39 is 9.84 Å². The Hall–Kier alpha value is -1.83. The highest BCUT2D eigenvalue weighted by Crippen LogP contribution is 2.24. The van der Waals surface area contributed by atoms with Gasteiger partial charge in [-0.2, -0.15) is 0 Å². The number of hydrogen-bond acceptors (Lipinski definition) is 5. The molecule has 3 rings (SSSR count). The minimum atomic E-state index is -3.46. The fourth-order valence-corrected chi connectivity index (χ4v) is 4.76. The topological polar surface area (TPSA) is 64.8 Å². The van der Waals surface area contributed by atoms with E-state index in [0.717, 1.165) is 11.1 Å². The van der Waals surface area contributed by atoms with Crippen molar-refractivity contribution in [3.05, 3.63) is 70.5 Å². The third-order valence-corrected chi connectivity index (χ3v) is 6.84. The molecule has 0 bridgehead atoms. The van der Waals surface area contributed by atoms with Crippen LogP contribution in [0.4, 0.5) is 0 Å². The standard InChI is InChI=1S/C18H18ClN3O2S2/c1-13-6-8-16(9-7-13)26(23,24)12-17-20-21-18(22(17)2)25-11-14-4-3-5-15(19)10-14/h3-10H,11-12H2,1-2H3. The molecule has 0 amide bonds. The molecular weight excluding hydrogens is 390 g/mol. The molecule has 5 nitrogen and oxygen atoms in total. The molecule has 0 aliphatic rings. The summed E-state index contributed by atoms with van der Waals surface area (Å²) < 4.78 is 26.9. The zero-order valence-electron chi connectivity index (χ0n) is 14.4. The Morgan fingerprint density at radius 3 is 2.54 bits per heavy atom. The van der Waals surface area contributed by atoms with Crippen LogP contribution in [-0.2, 0) is 28.4 Å². The summed E-state index contributed by atoms with van der Waals surface area (Å²) in [6.45, 7) is 1.92. The number of thioether (sulfide) groups is 1. The van der Waals surface area contributed by atoms with Crippen molar-refractivity contribution in [1.29, 1.82) is 0 Å². The summed E-state index contributed by atoms with van der Waals surface area (Å²) in [6.07, 6.45) is 0. The normalized spacial score (nSPS) is 11.7. The number of hydrogen-bond donors (Lipinski definition) is 0. The van der Waals surface area contributed by atoms with E-state index in [-0.39, 0.29) is 5.75 Å². The lowest BCUT2D eigenvalue weighted by molar-refractivity contribution is 0.591. The molecule has 26 heavy (non-hydrogen) atoms. The molecule has 0 spiro atoms. The van der Waals surface area contributed by atoms with Crippen LogP contribution < -0.4 is 0 Å². The van der Waals surface area contributed by atoms with Crippen molar-refractivity contribution < 1.29 is 8.42 Å². The van der Waals surface area contributed by atoms with Crippen LogP contribution in [0.3, 0.4) is 0 Å². The fourth-order valence-electron chi connectivity index (χ4n) is 2.37. The molecule has 0 N–H and O–H groups in total. The summed E-state index contributed by atoms with van der Waals surface area (Å²) in [7, 11) is -1.68. The highest BCUT2D eigenvalue weighted by atomic mass is 35.5. The van der Waals surface area contributed by atoms with E-state index in [0.29, 0.717) is 26.7 Å². The fraction of sp³-hybridized carbons (Fsp3) is 0.222. The van der Waals surface area contributed by atoms with Gasteiger partial charge in [0.2, 0.25) is 0 Å². The Balaban J connectivity index is 1.73. The number of aryl methyl sites for hydroxylation is 1. The van der Waals surface area contributed by atoms with Crippen molar-refractivity contribution in [2.24, 2.45) is 7.05 Å². The van der Waals surface area contributed by atoms with Crippen LogP contribution in [0.15, 0.2) is 58.6 Å². The molecule has 3 aromatic rings. The van der Waals surface area contributed by atoms with Gasteiger partial charge in [0, 0.05) is 17.8 Å². The maximum atomic E-state index is 12.6. The Labute approximate surface area is 162 Å². The number of aromatic nitrogens is 3. The molecule has 0 aliphatic carbocycles. The summed E-state index contributed by atoms with van der Waals surface area (Å²) in [5, 5.41) is 9.54. The van der Waals surface area contributed by atoms with E-state index in [1.165, 1.54) is 11.8 Å². The van der Waals surface area contributed by atoms with Crippen molar-refractivity contribution in [3.8, 4) is 0 Å². The lowest BCUT2D eigenvalue weighted by atomic mass is 10.2. The zero-order chi connectivity index (χ0) is 18.7. The van der Waals surface area contributed by atoms with Gasteiger partial charge in [-0.25, -0.2) is 8.42 Å². The molecule has 8 heteroatoms. The number of benzene rings is 2. The first-order valence-corrected chi connectivity index (χ1v) is 10.9. The average molecular weight is 408 g/mol. The van der Waals surface area contributed by atoms with Gasteiger partial charge in [0.1, 0.15) is 11.6 Å². The second-order valence-corrected chi connectivity index (χ2v) is 9.32. The van der Waals surface area contributed by atoms with Crippen LogP contribution in [0, 0.1) is 6.92 Å². The van der Waals surface area contributed by atoms with Crippen LogP contribution in [-0.4, -0.2) is 23.2 Å². The third-order valence-electron chi connectivity index (χ3n) is 3.88. The number of halogens is 1. The second-order valence-electron chi connectivity index (χ2n) is 5.95. The molecule has 0 atom stereocenters. The minimum absolute atomic E-state index is 0.183. The van der Waals surface area contributed by atoms with E-state index in [4.69, 9.17) is 11.6 Å². The molecule has 2 aromatic carbocycles. The first-order chi connectivity index (χ1) is 12.3. The van der Waals surface area contributed by atoms with Crippen molar-refractivity contribution in [3.63, 3.8) is 0 Å². The predicted octanol–water partition coefficient (Wildman–Crippen LogP) is 4.04. The van der Waals surface area contributed by atoms with Gasteiger partial charge in [-0.05, 0) is 36.8 Å². The van der Waals surface area contributed by atoms with Crippen LogP contribution >= 0.6 is 23.4 Å². The maximum absolute atomic E-state index is 12.6. The predicted molar refractivity (Wildman–Crippen MR) is 104 cm³/mol. The minimum Gasteiger partial charge on any atom is -0.308 e. The molecule has 0 saturated heterocycles. The zero-order valence-corrected chi connectivity index (χ0v) is 16.8. The quantitative estimate of drug-likeness (QED) is 0.577. The van der Waals surface area contributed by atoms with Gasteiger partial charge in [0.25, 0.3) is 0 Å². The number of nitrogens with zero attached hydrogens (tertiary/aromatic N) is 3. The van der Waals surface area contributed by atoms with Crippen molar-refractivity contribution >= 4 is 33.2 Å². The highest BCUT2D eigenvalue weighted by Gasteiger charge is 2.20. The van der Waals surface area contributed by atoms with Crippen molar-refractivity contribution in [2.75, 3.05) is 0 Å². The largest absolute Gasteiger partial charge is 0.308 e. The first kappa shape index (κ1) is 18.9. The molecule has 0 aliphatic heterocycles. The molecule has 1 aromatic heterocycles. The SMILES string of the molecule is Cc1ccc(S(=O)(=O)Cc2nnc(SCc3cccc(Cl)c3)n2C)cc1. The second kappa shape index (κ2) is 7.82. The molecule has 1 heterocycles. The van der Waals surface area contributed by atoms with Crippen molar-refractivity contribution in [2.45, 2.75) is 28.5 Å². The summed E-state index contributed by atoms with van der Waals surface area (Å²) in [5.74, 6) is 0.910. The Morgan fingerprint density at radius 2 is 1.85 bits per heavy atom. The lowest BCUT2D eigenvalue weighted by Crippen LogP contribution is -2.09. The van der Waals surface area contributed by atoms with Gasteiger partial charge in [0.05, 0.1) is 4.90 Å². The lowest BCUT2D eigenvalue weighted by Gasteiger charge is -2.06. The maximum Gasteiger partial charge on any atom is 0.191 e. The summed E-state index contributed by atoms with van der Waals surface area (Å²) in [6, 6.07) is 14.4. The van der Waals surface area contributed by atoms with E-state index in [1.54, 1.807) is 35.9 Å². The van der Waals surface area contributed by atoms with Crippen LogP contribution in [0.2, 0.25) is 5.02 Å². The Bertz CT molecular complexity index is 1020. The molecule has 0 radical (unpaired) electrons. The van der Waals surface area contributed by atoms with Gasteiger partial charge in [0.15, 0.2) is 15.0 Å². The van der Waals surface area contributed by atoms with Gasteiger partial charge in [-0.15, -0.1) is 10.2 Å². The van der Waals surface area contributed by atoms with Gasteiger partial charge >= 0.3 is 0 Å².